The van der Waals surface area contributed by atoms with Crippen molar-refractivity contribution in [3.63, 3.8) is 0 Å². The van der Waals surface area contributed by atoms with Crippen LogP contribution < -0.4 is 10.6 Å². The topological polar surface area (TPSA) is 110 Å². The quantitative estimate of drug-likeness (QED) is 0.104. The highest BCUT2D eigenvalue weighted by Gasteiger charge is 2.04. The third-order valence-electron chi connectivity index (χ3n) is 5.50. The van der Waals surface area contributed by atoms with Gasteiger partial charge in [0, 0.05) is 35.6 Å². The Hall–Kier alpha value is -5.24. The predicted octanol–water partition coefficient (Wildman–Crippen LogP) is 7.33. The Balaban J connectivity index is 1.26. The number of benzene rings is 4. The van der Waals surface area contributed by atoms with E-state index in [1.165, 1.54) is 24.3 Å². The zero-order valence-corrected chi connectivity index (χ0v) is 19.8. The van der Waals surface area contributed by atoms with Crippen LogP contribution in [0.3, 0.4) is 0 Å². The minimum atomic E-state index is -0.402. The first-order valence-corrected chi connectivity index (χ1v) is 11.5. The summed E-state index contributed by atoms with van der Waals surface area (Å²) in [6.07, 6.45) is 7.52. The van der Waals surface area contributed by atoms with E-state index < -0.39 is 9.85 Å². The van der Waals surface area contributed by atoms with Crippen molar-refractivity contribution in [2.45, 2.75) is 0 Å². The molecule has 37 heavy (non-hydrogen) atoms. The van der Waals surface area contributed by atoms with Gasteiger partial charge in [-0.2, -0.15) is 0 Å². The van der Waals surface area contributed by atoms with Gasteiger partial charge < -0.3 is 10.6 Å². The largest absolute Gasteiger partial charge is 0.368 e. The monoisotopic (exact) mass is 492 g/mol. The van der Waals surface area contributed by atoms with Gasteiger partial charge in [0.1, 0.15) is 0 Å². The molecule has 0 fully saturated rings. The summed E-state index contributed by atoms with van der Waals surface area (Å²) in [6, 6.07) is 28.8. The van der Waals surface area contributed by atoms with Crippen LogP contribution in [0.1, 0.15) is 22.3 Å². The number of nitro groups is 2. The molecule has 0 aromatic heterocycles. The van der Waals surface area contributed by atoms with E-state index in [0.717, 1.165) is 33.6 Å². The highest BCUT2D eigenvalue weighted by Crippen LogP contribution is 2.18. The third kappa shape index (κ3) is 7.37. The van der Waals surface area contributed by atoms with E-state index >= 15 is 0 Å². The Labute approximate surface area is 213 Å². The smallest absolute Gasteiger partial charge is 0.270 e. The molecular formula is C29H24N4O4. The lowest BCUT2D eigenvalue weighted by molar-refractivity contribution is -0.385. The van der Waals surface area contributed by atoms with Crippen LogP contribution >= 0.6 is 0 Å². The molecule has 8 heteroatoms. The maximum Gasteiger partial charge on any atom is 0.270 e. The fraction of sp³-hybridized carbons (Fsp3) is 0.0345. The van der Waals surface area contributed by atoms with E-state index in [1.54, 1.807) is 12.1 Å². The van der Waals surface area contributed by atoms with Crippen molar-refractivity contribution >= 4 is 47.1 Å². The standard InChI is InChI=1S/C29H24N4O4/c34-32(35)28-5-1-3-24(19-28)9-7-22-11-15-26(16-12-22)30-21-31-27-17-13-23(14-18-27)8-10-25-4-2-6-29(20-25)33(36)37/h1-20,30-31H,21H2/b9-7+,10-8+. The average molecular weight is 493 g/mol. The molecule has 0 aliphatic carbocycles. The Morgan fingerprint density at radius 2 is 0.919 bits per heavy atom. The van der Waals surface area contributed by atoms with E-state index in [1.807, 2.05) is 85.0 Å². The molecule has 4 aromatic rings. The Kier molecular flexibility index (Phi) is 8.03. The van der Waals surface area contributed by atoms with Gasteiger partial charge >= 0.3 is 0 Å². The molecule has 4 aromatic carbocycles. The van der Waals surface area contributed by atoms with Crippen LogP contribution in [0.25, 0.3) is 24.3 Å². The predicted molar refractivity (Wildman–Crippen MR) is 149 cm³/mol. The van der Waals surface area contributed by atoms with E-state index in [0.29, 0.717) is 6.67 Å². The van der Waals surface area contributed by atoms with Crippen LogP contribution in [0.5, 0.6) is 0 Å². The number of rotatable bonds is 10. The maximum atomic E-state index is 10.9. The molecule has 2 N–H and O–H groups in total. The van der Waals surface area contributed by atoms with Gasteiger partial charge in [-0.05, 0) is 46.5 Å². The molecule has 184 valence electrons. The highest BCUT2D eigenvalue weighted by molar-refractivity contribution is 5.72. The summed E-state index contributed by atoms with van der Waals surface area (Å²) < 4.78 is 0. The average Bonchev–Trinajstić information content (AvgIpc) is 2.92. The number of anilines is 2. The summed E-state index contributed by atoms with van der Waals surface area (Å²) in [5.41, 5.74) is 5.56. The fourth-order valence-electron chi connectivity index (χ4n) is 3.54. The summed E-state index contributed by atoms with van der Waals surface area (Å²) in [7, 11) is 0. The van der Waals surface area contributed by atoms with Gasteiger partial charge in [-0.3, -0.25) is 20.2 Å². The van der Waals surface area contributed by atoms with Gasteiger partial charge in [-0.25, -0.2) is 0 Å². The summed E-state index contributed by atoms with van der Waals surface area (Å²) >= 11 is 0. The zero-order chi connectivity index (χ0) is 26.0. The van der Waals surface area contributed by atoms with Crippen LogP contribution in [0.2, 0.25) is 0 Å². The van der Waals surface area contributed by atoms with Gasteiger partial charge in [-0.15, -0.1) is 0 Å². The van der Waals surface area contributed by atoms with Crippen molar-refractivity contribution in [2.75, 3.05) is 17.3 Å². The zero-order valence-electron chi connectivity index (χ0n) is 19.8. The van der Waals surface area contributed by atoms with Crippen molar-refractivity contribution in [3.8, 4) is 0 Å². The molecular weight excluding hydrogens is 468 g/mol. The van der Waals surface area contributed by atoms with Crippen LogP contribution in [0.15, 0.2) is 97.1 Å². The van der Waals surface area contributed by atoms with E-state index in [9.17, 15) is 20.2 Å². The first kappa shape index (κ1) is 24.9. The Bertz CT molecular complexity index is 1330. The van der Waals surface area contributed by atoms with E-state index in [-0.39, 0.29) is 11.4 Å². The summed E-state index contributed by atoms with van der Waals surface area (Å²) in [6.45, 7) is 0.533. The molecule has 0 bridgehead atoms. The molecule has 4 rings (SSSR count). The Morgan fingerprint density at radius 3 is 1.30 bits per heavy atom. The number of nitro benzene ring substituents is 2. The Morgan fingerprint density at radius 1 is 0.541 bits per heavy atom. The molecule has 0 spiro atoms. The molecule has 0 aliphatic heterocycles. The number of nitrogens with one attached hydrogen (secondary N) is 2. The summed E-state index contributed by atoms with van der Waals surface area (Å²) in [5.74, 6) is 0. The second-order valence-corrected chi connectivity index (χ2v) is 8.15. The lowest BCUT2D eigenvalue weighted by Crippen LogP contribution is -2.11. The SMILES string of the molecule is O=[N+]([O-])c1cccc(/C=C/c2ccc(NCNc3ccc(/C=C/c4cccc([N+](=O)[O-])c4)cc3)cc2)c1. The number of hydrogen-bond acceptors (Lipinski definition) is 6. The van der Waals surface area contributed by atoms with Crippen molar-refractivity contribution in [2.24, 2.45) is 0 Å². The molecule has 0 saturated carbocycles. The van der Waals surface area contributed by atoms with E-state index in [2.05, 4.69) is 10.6 Å². The fourth-order valence-corrected chi connectivity index (χ4v) is 3.54. The number of hydrogen-bond donors (Lipinski definition) is 2. The molecule has 0 saturated heterocycles. The second-order valence-electron chi connectivity index (χ2n) is 8.15. The number of non-ortho nitro benzene ring substituents is 2. The lowest BCUT2D eigenvalue weighted by atomic mass is 10.1. The van der Waals surface area contributed by atoms with Gasteiger partial charge in [-0.1, -0.05) is 72.8 Å². The van der Waals surface area contributed by atoms with Gasteiger partial charge in [0.2, 0.25) is 0 Å². The van der Waals surface area contributed by atoms with Gasteiger partial charge in [0.25, 0.3) is 11.4 Å². The third-order valence-corrected chi connectivity index (χ3v) is 5.50. The highest BCUT2D eigenvalue weighted by atomic mass is 16.6. The second kappa shape index (κ2) is 11.9. The van der Waals surface area contributed by atoms with Crippen molar-refractivity contribution in [1.82, 2.24) is 0 Å². The van der Waals surface area contributed by atoms with Crippen LogP contribution in [-0.2, 0) is 0 Å². The summed E-state index contributed by atoms with van der Waals surface area (Å²) in [4.78, 5) is 21.0. The minimum Gasteiger partial charge on any atom is -0.368 e. The number of nitrogens with zero attached hydrogens (tertiary/aromatic N) is 2. The molecule has 0 atom stereocenters. The van der Waals surface area contributed by atoms with Gasteiger partial charge in [0.05, 0.1) is 16.5 Å². The molecule has 0 heterocycles. The maximum absolute atomic E-state index is 10.9. The van der Waals surface area contributed by atoms with Crippen molar-refractivity contribution in [3.05, 3.63) is 140 Å². The van der Waals surface area contributed by atoms with E-state index in [4.69, 9.17) is 0 Å². The van der Waals surface area contributed by atoms with Crippen LogP contribution in [-0.4, -0.2) is 16.5 Å². The van der Waals surface area contributed by atoms with Gasteiger partial charge in [0.15, 0.2) is 0 Å². The molecule has 8 nitrogen and oxygen atoms in total. The molecule has 0 amide bonds. The molecule has 0 unspecified atom stereocenters. The summed E-state index contributed by atoms with van der Waals surface area (Å²) in [5, 5.41) is 28.4. The first-order valence-electron chi connectivity index (χ1n) is 11.5. The molecule has 0 aliphatic rings. The minimum absolute atomic E-state index is 0.0702. The van der Waals surface area contributed by atoms with Crippen molar-refractivity contribution in [1.29, 1.82) is 0 Å². The van der Waals surface area contributed by atoms with Crippen LogP contribution in [0, 0.1) is 20.2 Å². The van der Waals surface area contributed by atoms with Crippen LogP contribution in [0.4, 0.5) is 22.7 Å². The molecule has 0 radical (unpaired) electrons. The lowest BCUT2D eigenvalue weighted by Gasteiger charge is -2.10. The van der Waals surface area contributed by atoms with Crippen molar-refractivity contribution < 1.29 is 9.85 Å². The first-order chi connectivity index (χ1) is 18.0. The normalized spacial score (nSPS) is 11.0.